The standard InChI is InChI=1S/C25H29NO4S/c1-25(2,3)20-9-10-23-22(14-20)19(16-30-23)13-24(27)26(15-18-7-5-4-6-8-18)21-11-12-31(28,29)17-21/h4-10,14,16,21H,11-13,15,17H2,1-3H3. The SMILES string of the molecule is CC(C)(C)c1ccc2occ(CC(=O)N(Cc3ccccc3)C3CCS(=O)(=O)C3)c2c1. The van der Waals surface area contributed by atoms with E-state index in [1.807, 2.05) is 36.4 Å². The van der Waals surface area contributed by atoms with E-state index in [1.165, 1.54) is 5.56 Å². The number of benzene rings is 2. The monoisotopic (exact) mass is 439 g/mol. The fourth-order valence-electron chi connectivity index (χ4n) is 4.17. The van der Waals surface area contributed by atoms with Crippen molar-refractivity contribution < 1.29 is 17.6 Å². The molecule has 5 nitrogen and oxygen atoms in total. The van der Waals surface area contributed by atoms with E-state index in [0.717, 1.165) is 22.1 Å². The van der Waals surface area contributed by atoms with Gasteiger partial charge >= 0.3 is 0 Å². The van der Waals surface area contributed by atoms with Crippen LogP contribution in [0.4, 0.5) is 0 Å². The number of carbonyl (C=O) groups excluding carboxylic acids is 1. The van der Waals surface area contributed by atoms with Gasteiger partial charge in [-0.25, -0.2) is 8.42 Å². The van der Waals surface area contributed by atoms with Gasteiger partial charge in [0.05, 0.1) is 24.2 Å². The third kappa shape index (κ3) is 4.85. The first-order valence-corrected chi connectivity index (χ1v) is 12.5. The van der Waals surface area contributed by atoms with Crippen molar-refractivity contribution in [2.45, 2.75) is 51.6 Å². The Labute approximate surface area is 184 Å². The van der Waals surface area contributed by atoms with Crippen molar-refractivity contribution in [3.63, 3.8) is 0 Å². The van der Waals surface area contributed by atoms with Crippen molar-refractivity contribution in [1.29, 1.82) is 0 Å². The normalized spacial score (nSPS) is 18.4. The van der Waals surface area contributed by atoms with Gasteiger partial charge in [0.2, 0.25) is 5.91 Å². The summed E-state index contributed by atoms with van der Waals surface area (Å²) in [5, 5.41) is 0.944. The number of fused-ring (bicyclic) bond motifs is 1. The van der Waals surface area contributed by atoms with E-state index < -0.39 is 9.84 Å². The predicted molar refractivity (Wildman–Crippen MR) is 123 cm³/mol. The maximum atomic E-state index is 13.4. The number of sulfone groups is 1. The number of furan rings is 1. The summed E-state index contributed by atoms with van der Waals surface area (Å²) in [5.41, 5.74) is 3.76. The number of nitrogens with zero attached hydrogens (tertiary/aromatic N) is 1. The summed E-state index contributed by atoms with van der Waals surface area (Å²) in [6.07, 6.45) is 2.33. The highest BCUT2D eigenvalue weighted by atomic mass is 32.2. The van der Waals surface area contributed by atoms with Crippen LogP contribution in [0.15, 0.2) is 59.2 Å². The highest BCUT2D eigenvalue weighted by Gasteiger charge is 2.35. The van der Waals surface area contributed by atoms with E-state index in [2.05, 4.69) is 32.9 Å². The lowest BCUT2D eigenvalue weighted by Gasteiger charge is -2.28. The van der Waals surface area contributed by atoms with Crippen LogP contribution < -0.4 is 0 Å². The minimum atomic E-state index is -3.10. The number of hydrogen-bond acceptors (Lipinski definition) is 4. The molecule has 0 spiro atoms. The average Bonchev–Trinajstić information content (AvgIpc) is 3.28. The Morgan fingerprint density at radius 2 is 1.87 bits per heavy atom. The molecule has 1 fully saturated rings. The molecule has 1 saturated heterocycles. The molecule has 0 N–H and O–H groups in total. The summed E-state index contributed by atoms with van der Waals surface area (Å²) in [6.45, 7) is 6.87. The largest absolute Gasteiger partial charge is 0.464 e. The Hall–Kier alpha value is -2.60. The topological polar surface area (TPSA) is 67.6 Å². The van der Waals surface area contributed by atoms with E-state index >= 15 is 0 Å². The first kappa shape index (κ1) is 21.6. The van der Waals surface area contributed by atoms with Gasteiger partial charge in [0.25, 0.3) is 0 Å². The van der Waals surface area contributed by atoms with Crippen LogP contribution in [0.5, 0.6) is 0 Å². The molecule has 6 heteroatoms. The average molecular weight is 440 g/mol. The van der Waals surface area contributed by atoms with Crippen LogP contribution in [0.3, 0.4) is 0 Å². The summed E-state index contributed by atoms with van der Waals surface area (Å²) in [4.78, 5) is 15.2. The van der Waals surface area contributed by atoms with E-state index in [1.54, 1.807) is 11.2 Å². The van der Waals surface area contributed by atoms with Gasteiger partial charge in [-0.2, -0.15) is 0 Å². The van der Waals surface area contributed by atoms with Crippen molar-refractivity contribution in [2.75, 3.05) is 11.5 Å². The van der Waals surface area contributed by atoms with Crippen molar-refractivity contribution in [2.24, 2.45) is 0 Å². The van der Waals surface area contributed by atoms with Gasteiger partial charge in [0, 0.05) is 23.5 Å². The smallest absolute Gasteiger partial charge is 0.227 e. The zero-order chi connectivity index (χ0) is 22.2. The van der Waals surface area contributed by atoms with Crippen LogP contribution in [-0.2, 0) is 33.0 Å². The minimum absolute atomic E-state index is 0.00963. The highest BCUT2D eigenvalue weighted by molar-refractivity contribution is 7.91. The molecular weight excluding hydrogens is 410 g/mol. The Balaban J connectivity index is 1.63. The number of carbonyl (C=O) groups is 1. The molecule has 1 aromatic heterocycles. The predicted octanol–water partition coefficient (Wildman–Crippen LogP) is 4.49. The molecule has 1 amide bonds. The molecule has 0 saturated carbocycles. The second-order valence-electron chi connectivity index (χ2n) is 9.46. The second kappa shape index (κ2) is 8.15. The minimum Gasteiger partial charge on any atom is -0.464 e. The van der Waals surface area contributed by atoms with Crippen molar-refractivity contribution in [3.05, 3.63) is 71.5 Å². The fraction of sp³-hybridized carbons (Fsp3) is 0.400. The Bertz CT molecular complexity index is 1190. The maximum absolute atomic E-state index is 13.4. The zero-order valence-corrected chi connectivity index (χ0v) is 19.1. The molecule has 1 unspecified atom stereocenters. The summed E-state index contributed by atoms with van der Waals surface area (Å²) < 4.78 is 29.9. The van der Waals surface area contributed by atoms with Crippen molar-refractivity contribution >= 4 is 26.7 Å². The van der Waals surface area contributed by atoms with Crippen molar-refractivity contribution in [3.8, 4) is 0 Å². The molecule has 4 rings (SSSR count). The van der Waals surface area contributed by atoms with E-state index in [4.69, 9.17) is 4.42 Å². The fourth-order valence-corrected chi connectivity index (χ4v) is 5.90. The Morgan fingerprint density at radius 3 is 2.52 bits per heavy atom. The molecule has 31 heavy (non-hydrogen) atoms. The molecule has 1 atom stereocenters. The number of amides is 1. The maximum Gasteiger partial charge on any atom is 0.227 e. The van der Waals surface area contributed by atoms with E-state index in [0.29, 0.717) is 13.0 Å². The second-order valence-corrected chi connectivity index (χ2v) is 11.7. The molecule has 0 aliphatic carbocycles. The third-order valence-electron chi connectivity index (χ3n) is 6.03. The molecule has 2 heterocycles. The van der Waals surface area contributed by atoms with Gasteiger partial charge in [-0.05, 0) is 35.1 Å². The first-order chi connectivity index (χ1) is 14.6. The quantitative estimate of drug-likeness (QED) is 0.587. The lowest BCUT2D eigenvalue weighted by Crippen LogP contribution is -2.41. The molecular formula is C25H29NO4S. The van der Waals surface area contributed by atoms with Crippen LogP contribution in [0, 0.1) is 0 Å². The lowest BCUT2D eigenvalue weighted by molar-refractivity contribution is -0.133. The number of hydrogen-bond donors (Lipinski definition) is 0. The molecule has 1 aliphatic rings. The summed E-state index contributed by atoms with van der Waals surface area (Å²) >= 11 is 0. The first-order valence-electron chi connectivity index (χ1n) is 10.7. The Kier molecular flexibility index (Phi) is 5.69. The number of rotatable bonds is 5. The molecule has 0 bridgehead atoms. The van der Waals surface area contributed by atoms with E-state index in [-0.39, 0.29) is 35.3 Å². The van der Waals surface area contributed by atoms with Gasteiger partial charge in [-0.3, -0.25) is 4.79 Å². The zero-order valence-electron chi connectivity index (χ0n) is 18.3. The van der Waals surface area contributed by atoms with Crippen LogP contribution in [0.1, 0.15) is 43.9 Å². The van der Waals surface area contributed by atoms with Gasteiger partial charge in [-0.1, -0.05) is 57.2 Å². The van der Waals surface area contributed by atoms with Gasteiger partial charge in [0.15, 0.2) is 9.84 Å². The van der Waals surface area contributed by atoms with Crippen molar-refractivity contribution in [1.82, 2.24) is 4.90 Å². The molecule has 1 aliphatic heterocycles. The Morgan fingerprint density at radius 1 is 1.13 bits per heavy atom. The molecule has 164 valence electrons. The van der Waals surface area contributed by atoms with E-state index in [9.17, 15) is 13.2 Å². The van der Waals surface area contributed by atoms with Crippen LogP contribution >= 0.6 is 0 Å². The van der Waals surface area contributed by atoms with Crippen LogP contribution in [0.2, 0.25) is 0 Å². The third-order valence-corrected chi connectivity index (χ3v) is 7.78. The van der Waals surface area contributed by atoms with Crippen LogP contribution in [-0.4, -0.2) is 36.8 Å². The highest BCUT2D eigenvalue weighted by Crippen LogP contribution is 2.30. The van der Waals surface area contributed by atoms with Gasteiger partial charge < -0.3 is 9.32 Å². The molecule has 2 aromatic carbocycles. The van der Waals surface area contributed by atoms with Crippen LogP contribution in [0.25, 0.3) is 11.0 Å². The van der Waals surface area contributed by atoms with Gasteiger partial charge in [0.1, 0.15) is 5.58 Å². The molecule has 0 radical (unpaired) electrons. The van der Waals surface area contributed by atoms with Gasteiger partial charge in [-0.15, -0.1) is 0 Å². The summed E-state index contributed by atoms with van der Waals surface area (Å²) in [7, 11) is -3.10. The lowest BCUT2D eigenvalue weighted by atomic mass is 9.86. The molecule has 3 aromatic rings. The summed E-state index contributed by atoms with van der Waals surface area (Å²) in [6, 6.07) is 15.5. The summed E-state index contributed by atoms with van der Waals surface area (Å²) in [5.74, 6) is 0.0981.